The fourth-order valence-electron chi connectivity index (χ4n) is 5.41. The lowest BCUT2D eigenvalue weighted by atomic mass is 9.88. The maximum atomic E-state index is 14.7. The van der Waals surface area contributed by atoms with Crippen LogP contribution in [0.5, 0.6) is 5.75 Å². The lowest BCUT2D eigenvalue weighted by molar-refractivity contribution is -0.131. The predicted molar refractivity (Wildman–Crippen MR) is 160 cm³/mol. The average molecular weight is 591 g/mol. The van der Waals surface area contributed by atoms with Crippen LogP contribution in [0.2, 0.25) is 0 Å². The van der Waals surface area contributed by atoms with Gasteiger partial charge >= 0.3 is 5.97 Å². The van der Waals surface area contributed by atoms with Gasteiger partial charge in [0, 0.05) is 30.0 Å². The number of aromatic carboxylic acids is 1. The molecule has 0 unspecified atom stereocenters. The lowest BCUT2D eigenvalue weighted by Gasteiger charge is -2.32. The minimum atomic E-state index is -1.38. The van der Waals surface area contributed by atoms with Crippen LogP contribution in [0.4, 0.5) is 4.39 Å². The number of thiophene rings is 1. The summed E-state index contributed by atoms with van der Waals surface area (Å²) in [5, 5.41) is 13.1. The highest BCUT2D eigenvalue weighted by Crippen LogP contribution is 2.35. The summed E-state index contributed by atoms with van der Waals surface area (Å²) in [5.74, 6) is -0.671. The minimum absolute atomic E-state index is 0.200. The Morgan fingerprint density at radius 2 is 1.93 bits per heavy atom. The second kappa shape index (κ2) is 12.9. The molecular weight excluding hydrogens is 555 g/mol. The van der Waals surface area contributed by atoms with Gasteiger partial charge in [0.1, 0.15) is 17.9 Å². The first-order valence-electron chi connectivity index (χ1n) is 14.4. The Bertz CT molecular complexity index is 1590. The Morgan fingerprint density at radius 3 is 2.60 bits per heavy atom. The Kier molecular flexibility index (Phi) is 9.01. The molecule has 0 atom stereocenters. The number of nitrogens with zero attached hydrogens (tertiary/aromatic N) is 4. The highest BCUT2D eigenvalue weighted by molar-refractivity contribution is 7.15. The summed E-state index contributed by atoms with van der Waals surface area (Å²) in [7, 11) is 0. The van der Waals surface area contributed by atoms with Crippen molar-refractivity contribution in [1.29, 1.82) is 0 Å². The molecule has 42 heavy (non-hydrogen) atoms. The molecule has 0 spiro atoms. The number of amides is 1. The fourth-order valence-corrected chi connectivity index (χ4v) is 6.65. The van der Waals surface area contributed by atoms with E-state index in [4.69, 9.17) is 4.74 Å². The predicted octanol–water partition coefficient (Wildman–Crippen LogP) is 6.79. The quantitative estimate of drug-likeness (QED) is 0.218. The Hall–Kier alpha value is -4.05. The summed E-state index contributed by atoms with van der Waals surface area (Å²) in [6.07, 6.45) is 5.39. The molecule has 8 nitrogen and oxygen atoms in total. The molecule has 4 heterocycles. The molecular formula is C32H35FN4O4S. The number of aromatic nitrogens is 3. The van der Waals surface area contributed by atoms with Gasteiger partial charge in [-0.25, -0.2) is 9.78 Å². The standard InChI is InChI=1S/C32H35FN4O4S/c1-4-7-24-17-23(30(42-24)26-8-6-9-28(35-26)37-31(33)25(18-34-37)32(39)40)19-41-27-11-10-22(16-20(27)3)21-12-14-36(15-13-21)29(38)5-2/h6,8-11,16-18,21H,4-5,7,12-15,19H2,1-3H3,(H,39,40). The maximum absolute atomic E-state index is 14.7. The molecule has 1 saturated heterocycles. The first-order valence-corrected chi connectivity index (χ1v) is 15.2. The molecule has 1 amide bonds. The highest BCUT2D eigenvalue weighted by Gasteiger charge is 2.24. The van der Waals surface area contributed by atoms with Gasteiger partial charge in [0.05, 0.1) is 16.8 Å². The maximum Gasteiger partial charge on any atom is 0.342 e. The number of likely N-dealkylation sites (tertiary alicyclic amines) is 1. The number of rotatable bonds is 10. The van der Waals surface area contributed by atoms with Crippen LogP contribution in [-0.4, -0.2) is 49.7 Å². The minimum Gasteiger partial charge on any atom is -0.489 e. The van der Waals surface area contributed by atoms with Gasteiger partial charge in [-0.3, -0.25) is 4.79 Å². The lowest BCUT2D eigenvalue weighted by Crippen LogP contribution is -2.37. The molecule has 10 heteroatoms. The van der Waals surface area contributed by atoms with Crippen LogP contribution in [-0.2, 0) is 17.8 Å². The Balaban J connectivity index is 1.34. The SMILES string of the molecule is CCCc1cc(COc2ccc(C3CCN(C(=O)CC)CC3)cc2C)c(-c2cccc(-n3ncc(C(=O)O)c3F)n2)s1. The number of carbonyl (C=O) groups excluding carboxylic acids is 1. The zero-order valence-electron chi connectivity index (χ0n) is 24.1. The molecule has 0 aliphatic carbocycles. The van der Waals surface area contributed by atoms with Crippen molar-refractivity contribution in [2.45, 2.75) is 65.4 Å². The van der Waals surface area contributed by atoms with Gasteiger partial charge in [0.2, 0.25) is 11.9 Å². The number of carbonyl (C=O) groups is 2. The van der Waals surface area contributed by atoms with E-state index in [0.29, 0.717) is 24.6 Å². The molecule has 0 bridgehead atoms. The van der Waals surface area contributed by atoms with E-state index in [0.717, 1.165) is 71.4 Å². The molecule has 1 aromatic carbocycles. The molecule has 5 rings (SSSR count). The van der Waals surface area contributed by atoms with Crippen molar-refractivity contribution in [2.24, 2.45) is 0 Å². The zero-order valence-corrected chi connectivity index (χ0v) is 24.9. The van der Waals surface area contributed by atoms with Crippen molar-refractivity contribution in [3.8, 4) is 22.1 Å². The summed E-state index contributed by atoms with van der Waals surface area (Å²) >= 11 is 1.63. The van der Waals surface area contributed by atoms with Crippen molar-refractivity contribution < 1.29 is 23.8 Å². The topological polar surface area (TPSA) is 97.6 Å². The highest BCUT2D eigenvalue weighted by atomic mass is 32.1. The molecule has 220 valence electrons. The Morgan fingerprint density at radius 1 is 1.14 bits per heavy atom. The first-order chi connectivity index (χ1) is 20.3. The van der Waals surface area contributed by atoms with Crippen molar-refractivity contribution >= 4 is 23.2 Å². The number of carboxylic acid groups (broad SMARTS) is 1. The number of hydrogen-bond donors (Lipinski definition) is 1. The third-order valence-corrected chi connectivity index (χ3v) is 8.94. The van der Waals surface area contributed by atoms with E-state index < -0.39 is 17.5 Å². The van der Waals surface area contributed by atoms with E-state index in [1.165, 1.54) is 10.4 Å². The van der Waals surface area contributed by atoms with Crippen LogP contribution >= 0.6 is 11.3 Å². The third-order valence-electron chi connectivity index (χ3n) is 7.69. The summed E-state index contributed by atoms with van der Waals surface area (Å²) < 4.78 is 21.9. The second-order valence-corrected chi connectivity index (χ2v) is 11.7. The number of benzene rings is 1. The second-order valence-electron chi connectivity index (χ2n) is 10.6. The summed E-state index contributed by atoms with van der Waals surface area (Å²) in [6.45, 7) is 8.05. The third kappa shape index (κ3) is 6.23. The number of carboxylic acids is 1. The smallest absolute Gasteiger partial charge is 0.342 e. The molecule has 3 aromatic heterocycles. The van der Waals surface area contributed by atoms with Gasteiger partial charge in [0.15, 0.2) is 5.82 Å². The van der Waals surface area contributed by atoms with Gasteiger partial charge in [-0.05, 0) is 67.5 Å². The largest absolute Gasteiger partial charge is 0.489 e. The monoisotopic (exact) mass is 590 g/mol. The number of ether oxygens (including phenoxy) is 1. The molecule has 0 radical (unpaired) electrons. The van der Waals surface area contributed by atoms with Crippen LogP contribution in [0.25, 0.3) is 16.4 Å². The van der Waals surface area contributed by atoms with E-state index >= 15 is 0 Å². The number of halogens is 1. The molecule has 1 aliphatic heterocycles. The van der Waals surface area contributed by atoms with Gasteiger partial charge in [-0.15, -0.1) is 11.3 Å². The molecule has 1 fully saturated rings. The summed E-state index contributed by atoms with van der Waals surface area (Å²) in [4.78, 5) is 32.1. The van der Waals surface area contributed by atoms with E-state index in [1.807, 2.05) is 24.0 Å². The van der Waals surface area contributed by atoms with E-state index in [1.54, 1.807) is 23.5 Å². The van der Waals surface area contributed by atoms with E-state index in [2.05, 4.69) is 42.1 Å². The van der Waals surface area contributed by atoms with Gasteiger partial charge in [-0.1, -0.05) is 38.5 Å². The van der Waals surface area contributed by atoms with Crippen LogP contribution in [0.15, 0.2) is 48.7 Å². The molecule has 1 N–H and O–H groups in total. The number of piperidine rings is 1. The number of hydrogen-bond acceptors (Lipinski definition) is 6. The van der Waals surface area contributed by atoms with Crippen molar-refractivity contribution in [3.05, 3.63) is 81.7 Å². The van der Waals surface area contributed by atoms with Crippen LogP contribution in [0.1, 0.15) is 77.4 Å². The number of pyridine rings is 1. The Labute approximate surface area is 248 Å². The molecule has 0 saturated carbocycles. The van der Waals surface area contributed by atoms with Gasteiger partial charge in [0.25, 0.3) is 0 Å². The first kappa shape index (κ1) is 29.4. The summed E-state index contributed by atoms with van der Waals surface area (Å²) in [5.41, 5.74) is 3.47. The van der Waals surface area contributed by atoms with Crippen molar-refractivity contribution in [2.75, 3.05) is 13.1 Å². The molecule has 4 aromatic rings. The summed E-state index contributed by atoms with van der Waals surface area (Å²) in [6, 6.07) is 13.7. The van der Waals surface area contributed by atoms with Gasteiger partial charge < -0.3 is 14.7 Å². The van der Waals surface area contributed by atoms with Crippen molar-refractivity contribution in [1.82, 2.24) is 19.7 Å². The van der Waals surface area contributed by atoms with Gasteiger partial charge in [-0.2, -0.15) is 14.2 Å². The van der Waals surface area contributed by atoms with E-state index in [-0.39, 0.29) is 11.7 Å². The average Bonchev–Trinajstić information content (AvgIpc) is 3.59. The number of aryl methyl sites for hydroxylation is 2. The molecule has 1 aliphatic rings. The zero-order chi connectivity index (χ0) is 29.8. The van der Waals surface area contributed by atoms with Crippen molar-refractivity contribution in [3.63, 3.8) is 0 Å². The van der Waals surface area contributed by atoms with Crippen LogP contribution in [0, 0.1) is 12.9 Å². The van der Waals surface area contributed by atoms with Crippen LogP contribution < -0.4 is 4.74 Å². The van der Waals surface area contributed by atoms with Crippen LogP contribution in [0.3, 0.4) is 0 Å². The fraction of sp³-hybridized carbons (Fsp3) is 0.375. The normalized spacial score (nSPS) is 13.9. The van der Waals surface area contributed by atoms with E-state index in [9.17, 15) is 19.1 Å².